The van der Waals surface area contributed by atoms with Crippen molar-refractivity contribution in [2.24, 2.45) is 5.10 Å². The zero-order valence-electron chi connectivity index (χ0n) is 18.2. The van der Waals surface area contributed by atoms with Crippen molar-refractivity contribution in [3.05, 3.63) is 80.7 Å². The molecule has 0 saturated heterocycles. The number of methoxy groups -OCH3 is 1. The van der Waals surface area contributed by atoms with E-state index in [1.54, 1.807) is 42.5 Å². The van der Waals surface area contributed by atoms with E-state index in [1.807, 2.05) is 6.92 Å². The molecule has 34 heavy (non-hydrogen) atoms. The molecule has 0 aliphatic heterocycles. The average Bonchev–Trinajstić information content (AvgIpc) is 2.80. The molecule has 0 aromatic heterocycles. The van der Waals surface area contributed by atoms with Gasteiger partial charge in [0.1, 0.15) is 6.54 Å². The van der Waals surface area contributed by atoms with Crippen LogP contribution in [0.25, 0.3) is 0 Å². The number of benzene rings is 3. The lowest BCUT2D eigenvalue weighted by atomic mass is 10.2. The molecular weight excluding hydrogens is 590 g/mol. The molecule has 0 saturated carbocycles. The summed E-state index contributed by atoms with van der Waals surface area (Å²) in [7, 11) is -2.61. The highest BCUT2D eigenvalue weighted by Crippen LogP contribution is 2.34. The van der Waals surface area contributed by atoms with Crippen LogP contribution in [0.4, 0.5) is 5.69 Å². The molecule has 0 aliphatic carbocycles. The third kappa shape index (κ3) is 6.16. The number of aryl methyl sites for hydroxylation is 1. The lowest BCUT2D eigenvalue weighted by molar-refractivity contribution is -0.119. The molecule has 3 aromatic carbocycles. The van der Waals surface area contributed by atoms with E-state index in [4.69, 9.17) is 4.74 Å². The Bertz CT molecular complexity index is 1310. The van der Waals surface area contributed by atoms with Crippen molar-refractivity contribution in [1.82, 2.24) is 5.43 Å². The smallest absolute Gasteiger partial charge is 0.264 e. The van der Waals surface area contributed by atoms with Gasteiger partial charge in [-0.15, -0.1) is 0 Å². The number of phenols is 1. The maximum atomic E-state index is 13.4. The van der Waals surface area contributed by atoms with Crippen molar-refractivity contribution in [2.75, 3.05) is 18.0 Å². The van der Waals surface area contributed by atoms with Crippen LogP contribution in [0.15, 0.2) is 79.6 Å². The van der Waals surface area contributed by atoms with Gasteiger partial charge in [0.15, 0.2) is 11.5 Å². The summed E-state index contributed by atoms with van der Waals surface area (Å²) < 4.78 is 34.0. The van der Waals surface area contributed by atoms with Crippen LogP contribution in [0, 0.1) is 6.92 Å². The lowest BCUT2D eigenvalue weighted by Gasteiger charge is -2.23. The summed E-state index contributed by atoms with van der Waals surface area (Å²) in [5, 5.41) is 13.8. The first-order chi connectivity index (χ1) is 16.1. The SMILES string of the molecule is COc1cc(/C=N\NC(=O)CN(c2ccc(Br)cc2)S(=O)(=O)c2ccc(C)cc2)cc(Br)c1O. The van der Waals surface area contributed by atoms with E-state index >= 15 is 0 Å². The van der Waals surface area contributed by atoms with Crippen LogP contribution in [0.5, 0.6) is 11.5 Å². The third-order valence-electron chi connectivity index (χ3n) is 4.68. The number of hydrazone groups is 1. The molecule has 0 atom stereocenters. The Hall–Kier alpha value is -2.89. The number of carbonyl (C=O) groups is 1. The minimum atomic E-state index is -4.02. The number of hydrogen-bond acceptors (Lipinski definition) is 6. The number of carbonyl (C=O) groups excluding carboxylic acids is 1. The van der Waals surface area contributed by atoms with Gasteiger partial charge in [0.05, 0.1) is 28.4 Å². The quantitative estimate of drug-likeness (QED) is 0.287. The van der Waals surface area contributed by atoms with Gasteiger partial charge in [0.25, 0.3) is 15.9 Å². The van der Waals surface area contributed by atoms with Gasteiger partial charge in [-0.05, 0) is 76.9 Å². The third-order valence-corrected chi connectivity index (χ3v) is 7.61. The predicted octanol–water partition coefficient (Wildman–Crippen LogP) is 4.58. The molecule has 8 nitrogen and oxygen atoms in total. The lowest BCUT2D eigenvalue weighted by Crippen LogP contribution is -2.39. The molecule has 3 rings (SSSR count). The van der Waals surface area contributed by atoms with Crippen molar-refractivity contribution >= 4 is 59.7 Å². The topological polar surface area (TPSA) is 108 Å². The number of rotatable bonds is 8. The molecule has 0 radical (unpaired) electrons. The van der Waals surface area contributed by atoms with Gasteiger partial charge in [-0.2, -0.15) is 5.10 Å². The average molecular weight is 611 g/mol. The van der Waals surface area contributed by atoms with Gasteiger partial charge >= 0.3 is 0 Å². The molecule has 3 aromatic rings. The largest absolute Gasteiger partial charge is 0.503 e. The standard InChI is InChI=1S/C23H21Br2N3O5S/c1-15-3-9-19(10-4-15)34(31,32)28(18-7-5-17(24)6-8-18)14-22(29)27-26-13-16-11-20(25)23(30)21(12-16)33-2/h3-13,30H,14H2,1-2H3,(H,27,29)/b26-13-. The van der Waals surface area contributed by atoms with Gasteiger partial charge in [0, 0.05) is 4.47 Å². The van der Waals surface area contributed by atoms with Gasteiger partial charge in [-0.3, -0.25) is 9.10 Å². The van der Waals surface area contributed by atoms with Crippen molar-refractivity contribution in [1.29, 1.82) is 0 Å². The van der Waals surface area contributed by atoms with Crippen molar-refractivity contribution < 1.29 is 23.1 Å². The molecular formula is C23H21Br2N3O5S. The molecule has 2 N–H and O–H groups in total. The van der Waals surface area contributed by atoms with E-state index in [0.29, 0.717) is 15.7 Å². The van der Waals surface area contributed by atoms with Gasteiger partial charge in [-0.25, -0.2) is 13.8 Å². The summed E-state index contributed by atoms with van der Waals surface area (Å²) in [6, 6.07) is 16.1. The Labute approximate surface area is 214 Å². The molecule has 0 fully saturated rings. The Morgan fingerprint density at radius 3 is 2.38 bits per heavy atom. The number of nitrogens with one attached hydrogen (secondary N) is 1. The summed E-state index contributed by atoms with van der Waals surface area (Å²) in [4.78, 5) is 12.7. The summed E-state index contributed by atoms with van der Waals surface area (Å²) in [5.41, 5.74) is 4.13. The van der Waals surface area contributed by atoms with Crippen LogP contribution in [0.3, 0.4) is 0 Å². The van der Waals surface area contributed by atoms with Gasteiger partial charge in [-0.1, -0.05) is 33.6 Å². The maximum Gasteiger partial charge on any atom is 0.264 e. The van der Waals surface area contributed by atoms with Crippen LogP contribution >= 0.6 is 31.9 Å². The second-order valence-electron chi connectivity index (χ2n) is 7.15. The minimum absolute atomic E-state index is 0.0601. The highest BCUT2D eigenvalue weighted by atomic mass is 79.9. The fourth-order valence-corrected chi connectivity index (χ4v) is 5.07. The number of anilines is 1. The number of halogens is 2. The summed E-state index contributed by atoms with van der Waals surface area (Å²) >= 11 is 6.55. The number of ether oxygens (including phenoxy) is 1. The number of phenolic OH excluding ortho intramolecular Hbond substituents is 1. The van der Waals surface area contributed by atoms with Crippen LogP contribution in [-0.2, 0) is 14.8 Å². The van der Waals surface area contributed by atoms with E-state index in [2.05, 4.69) is 42.4 Å². The van der Waals surface area contributed by atoms with E-state index in [9.17, 15) is 18.3 Å². The number of aromatic hydroxyl groups is 1. The molecule has 0 heterocycles. The Morgan fingerprint density at radius 2 is 1.76 bits per heavy atom. The zero-order chi connectivity index (χ0) is 24.9. The number of nitrogens with zero attached hydrogens (tertiary/aromatic N) is 2. The number of sulfonamides is 1. The number of hydrogen-bond donors (Lipinski definition) is 2. The van der Waals surface area contributed by atoms with Crippen molar-refractivity contribution in [3.8, 4) is 11.5 Å². The second-order valence-corrected chi connectivity index (χ2v) is 10.8. The molecule has 178 valence electrons. The highest BCUT2D eigenvalue weighted by molar-refractivity contribution is 9.10. The fourth-order valence-electron chi connectivity index (χ4n) is 2.93. The number of amides is 1. The molecule has 11 heteroatoms. The first-order valence-electron chi connectivity index (χ1n) is 9.85. The molecule has 0 unspecified atom stereocenters. The first kappa shape index (κ1) is 25.7. The molecule has 0 aliphatic rings. The van der Waals surface area contributed by atoms with Crippen LogP contribution in [-0.4, -0.2) is 39.3 Å². The van der Waals surface area contributed by atoms with E-state index in [-0.39, 0.29) is 16.4 Å². The van der Waals surface area contributed by atoms with E-state index < -0.39 is 22.5 Å². The summed E-state index contributed by atoms with van der Waals surface area (Å²) in [5.74, 6) is -0.470. The van der Waals surface area contributed by atoms with E-state index in [0.717, 1.165) is 14.3 Å². The fraction of sp³-hybridized carbons (Fsp3) is 0.130. The predicted molar refractivity (Wildman–Crippen MR) is 138 cm³/mol. The minimum Gasteiger partial charge on any atom is -0.503 e. The van der Waals surface area contributed by atoms with Crippen molar-refractivity contribution in [2.45, 2.75) is 11.8 Å². The Kier molecular flexibility index (Phi) is 8.34. The normalized spacial score (nSPS) is 11.4. The molecule has 1 amide bonds. The van der Waals surface area contributed by atoms with Crippen molar-refractivity contribution in [3.63, 3.8) is 0 Å². The monoisotopic (exact) mass is 609 g/mol. The maximum absolute atomic E-state index is 13.4. The molecule has 0 bridgehead atoms. The van der Waals surface area contributed by atoms with Gasteiger partial charge < -0.3 is 9.84 Å². The summed E-state index contributed by atoms with van der Waals surface area (Å²) in [6.45, 7) is 1.37. The highest BCUT2D eigenvalue weighted by Gasteiger charge is 2.27. The van der Waals surface area contributed by atoms with E-state index in [1.165, 1.54) is 31.5 Å². The summed E-state index contributed by atoms with van der Waals surface area (Å²) in [6.07, 6.45) is 1.35. The molecule has 0 spiro atoms. The van der Waals surface area contributed by atoms with Gasteiger partial charge in [0.2, 0.25) is 0 Å². The Balaban J connectivity index is 1.83. The Morgan fingerprint density at radius 1 is 1.12 bits per heavy atom. The van der Waals surface area contributed by atoms with Crippen LogP contribution in [0.1, 0.15) is 11.1 Å². The first-order valence-corrected chi connectivity index (χ1v) is 12.9. The second kappa shape index (κ2) is 11.0. The van der Waals surface area contributed by atoms with Crippen LogP contribution < -0.4 is 14.5 Å². The van der Waals surface area contributed by atoms with Crippen LogP contribution in [0.2, 0.25) is 0 Å². The zero-order valence-corrected chi connectivity index (χ0v) is 22.2.